The third kappa shape index (κ3) is 2.34. The van der Waals surface area contributed by atoms with E-state index in [1.54, 1.807) is 24.3 Å². The van der Waals surface area contributed by atoms with Crippen LogP contribution in [-0.2, 0) is 15.6 Å². The highest BCUT2D eigenvalue weighted by atomic mass is 32.2. The minimum Gasteiger partial charge on any atom is -0.505 e. The smallest absolute Gasteiger partial charge is 0.189 e. The van der Waals surface area contributed by atoms with E-state index in [0.717, 1.165) is 0 Å². The lowest BCUT2D eigenvalue weighted by Crippen LogP contribution is -2.20. The van der Waals surface area contributed by atoms with E-state index >= 15 is 0 Å². The molecule has 20 heavy (non-hydrogen) atoms. The minimum atomic E-state index is -3.25. The summed E-state index contributed by atoms with van der Waals surface area (Å²) >= 11 is 0. The van der Waals surface area contributed by atoms with E-state index < -0.39 is 21.4 Å². The number of hydrogen-bond donors (Lipinski definition) is 1. The molecule has 2 aromatic rings. The first-order chi connectivity index (χ1) is 9.44. The third-order valence-electron chi connectivity index (χ3n) is 3.11. The van der Waals surface area contributed by atoms with E-state index in [9.17, 15) is 17.9 Å². The van der Waals surface area contributed by atoms with E-state index in [1.807, 2.05) is 0 Å². The van der Waals surface area contributed by atoms with Crippen LogP contribution in [0.2, 0.25) is 0 Å². The molecular weight excluding hydrogens is 283 g/mol. The molecule has 0 saturated heterocycles. The van der Waals surface area contributed by atoms with Crippen LogP contribution in [0.4, 0.5) is 4.39 Å². The van der Waals surface area contributed by atoms with Crippen LogP contribution in [0, 0.1) is 5.82 Å². The molecule has 1 N–H and O–H groups in total. The predicted octanol–water partition coefficient (Wildman–Crippen LogP) is 2.46. The van der Waals surface area contributed by atoms with Gasteiger partial charge in [-0.2, -0.15) is 0 Å². The molecule has 0 saturated carbocycles. The Morgan fingerprint density at radius 1 is 1.10 bits per heavy atom. The quantitative estimate of drug-likeness (QED) is 0.877. The summed E-state index contributed by atoms with van der Waals surface area (Å²) in [5, 5.41) is 9.18. The number of phenols is 1. The van der Waals surface area contributed by atoms with Gasteiger partial charge in [-0.3, -0.25) is 0 Å². The van der Waals surface area contributed by atoms with E-state index in [0.29, 0.717) is 22.4 Å². The number of benzene rings is 2. The largest absolute Gasteiger partial charge is 0.505 e. The van der Waals surface area contributed by atoms with E-state index in [4.69, 9.17) is 4.74 Å². The molecule has 0 amide bonds. The van der Waals surface area contributed by atoms with Crippen molar-refractivity contribution in [3.05, 3.63) is 47.8 Å². The van der Waals surface area contributed by atoms with Gasteiger partial charge in [0.2, 0.25) is 0 Å². The van der Waals surface area contributed by atoms with Crippen molar-refractivity contribution in [1.29, 1.82) is 0 Å². The van der Waals surface area contributed by atoms with Crippen molar-refractivity contribution < 1.29 is 22.7 Å². The van der Waals surface area contributed by atoms with Crippen LogP contribution in [0.15, 0.2) is 36.4 Å². The molecule has 1 aliphatic heterocycles. The molecule has 0 bridgehead atoms. The number of aromatic hydroxyl groups is 1. The molecule has 0 aromatic heterocycles. The summed E-state index contributed by atoms with van der Waals surface area (Å²) < 4.78 is 41.6. The van der Waals surface area contributed by atoms with Crippen molar-refractivity contribution in [2.75, 3.05) is 5.94 Å². The van der Waals surface area contributed by atoms with Crippen LogP contribution < -0.4 is 4.74 Å². The maximum Gasteiger partial charge on any atom is 0.189 e. The zero-order valence-corrected chi connectivity index (χ0v) is 11.2. The van der Waals surface area contributed by atoms with Crippen molar-refractivity contribution in [2.24, 2.45) is 0 Å². The van der Waals surface area contributed by atoms with Gasteiger partial charge in [-0.15, -0.1) is 0 Å². The molecule has 2 aromatic carbocycles. The van der Waals surface area contributed by atoms with Gasteiger partial charge in [-0.1, -0.05) is 12.1 Å². The topological polar surface area (TPSA) is 63.6 Å². The zero-order chi connectivity index (χ0) is 14.3. The highest BCUT2D eigenvalue weighted by molar-refractivity contribution is 7.90. The van der Waals surface area contributed by atoms with Gasteiger partial charge >= 0.3 is 0 Å². The maximum absolute atomic E-state index is 13.4. The lowest BCUT2D eigenvalue weighted by atomic mass is 10.0. The van der Waals surface area contributed by atoms with Gasteiger partial charge in [0.25, 0.3) is 0 Å². The second-order valence-electron chi connectivity index (χ2n) is 4.64. The fourth-order valence-corrected chi connectivity index (χ4v) is 3.22. The van der Waals surface area contributed by atoms with E-state index in [2.05, 4.69) is 0 Å². The van der Waals surface area contributed by atoms with Gasteiger partial charge < -0.3 is 9.84 Å². The Hall–Kier alpha value is -2.08. The molecule has 0 radical (unpaired) electrons. The predicted molar refractivity (Wildman–Crippen MR) is 71.6 cm³/mol. The lowest BCUT2D eigenvalue weighted by molar-refractivity contribution is 0.365. The molecule has 3 rings (SSSR count). The first-order valence-electron chi connectivity index (χ1n) is 5.90. The molecule has 0 aliphatic carbocycles. The van der Waals surface area contributed by atoms with Gasteiger partial charge in [0.15, 0.2) is 27.3 Å². The first-order valence-corrected chi connectivity index (χ1v) is 7.72. The van der Waals surface area contributed by atoms with Gasteiger partial charge in [-0.05, 0) is 35.4 Å². The van der Waals surface area contributed by atoms with Crippen molar-refractivity contribution in [1.82, 2.24) is 0 Å². The van der Waals surface area contributed by atoms with Crippen LogP contribution in [0.5, 0.6) is 11.5 Å². The fraction of sp³-hybridized carbons (Fsp3) is 0.143. The summed E-state index contributed by atoms with van der Waals surface area (Å²) in [6.45, 7) is 0. The Balaban J connectivity index is 2.06. The van der Waals surface area contributed by atoms with Crippen LogP contribution in [-0.4, -0.2) is 19.5 Å². The Morgan fingerprint density at radius 2 is 1.80 bits per heavy atom. The summed E-state index contributed by atoms with van der Waals surface area (Å²) in [7, 11) is -3.25. The summed E-state index contributed by atoms with van der Waals surface area (Å²) in [6.07, 6.45) is 0. The normalized spacial score (nSPS) is 16.2. The number of fused-ring (bicyclic) bond motifs is 1. The van der Waals surface area contributed by atoms with Gasteiger partial charge in [-0.25, -0.2) is 12.8 Å². The minimum absolute atomic E-state index is 0.0866. The molecule has 4 nitrogen and oxygen atoms in total. The van der Waals surface area contributed by atoms with Gasteiger partial charge in [0, 0.05) is 5.56 Å². The molecule has 0 atom stereocenters. The molecule has 1 aliphatic rings. The number of halogens is 1. The molecule has 1 heterocycles. The summed E-state index contributed by atoms with van der Waals surface area (Å²) in [6, 6.07) is 9.09. The molecule has 0 spiro atoms. The second kappa shape index (κ2) is 4.49. The van der Waals surface area contributed by atoms with Crippen molar-refractivity contribution >= 4 is 9.84 Å². The summed E-state index contributed by atoms with van der Waals surface area (Å²) in [5.74, 6) is -1.01. The number of phenolic OH excluding ortho intramolecular Hbond substituents is 1. The third-order valence-corrected chi connectivity index (χ3v) is 4.34. The zero-order valence-electron chi connectivity index (χ0n) is 10.3. The maximum atomic E-state index is 13.4. The molecule has 6 heteroatoms. The van der Waals surface area contributed by atoms with Crippen LogP contribution >= 0.6 is 0 Å². The fourth-order valence-electron chi connectivity index (χ4n) is 2.13. The highest BCUT2D eigenvalue weighted by Gasteiger charge is 2.22. The van der Waals surface area contributed by atoms with Crippen molar-refractivity contribution in [3.8, 4) is 22.6 Å². The van der Waals surface area contributed by atoms with E-state index in [1.165, 1.54) is 12.1 Å². The highest BCUT2D eigenvalue weighted by Crippen LogP contribution is 2.32. The molecule has 104 valence electrons. The summed E-state index contributed by atoms with van der Waals surface area (Å²) in [4.78, 5) is 0. The van der Waals surface area contributed by atoms with Crippen molar-refractivity contribution in [3.63, 3.8) is 0 Å². The lowest BCUT2D eigenvalue weighted by Gasteiger charge is -2.18. The van der Waals surface area contributed by atoms with E-state index in [-0.39, 0.29) is 11.7 Å². The average molecular weight is 294 g/mol. The van der Waals surface area contributed by atoms with Gasteiger partial charge in [0.1, 0.15) is 5.75 Å². The standard InChI is InChI=1S/C14H11FO4S/c15-12-6-10(1-3-13(12)16)9-2-4-14-11(5-9)7-20(17,18)8-19-14/h1-6,16H,7-8H2. The number of ether oxygens (including phenoxy) is 1. The molecular formula is C14H11FO4S. The Labute approximate surface area is 115 Å². The first kappa shape index (κ1) is 12.9. The monoisotopic (exact) mass is 294 g/mol. The Kier molecular flexibility index (Phi) is 2.90. The number of hydrogen-bond acceptors (Lipinski definition) is 4. The van der Waals surface area contributed by atoms with Gasteiger partial charge in [0.05, 0.1) is 5.75 Å². The number of rotatable bonds is 1. The SMILES string of the molecule is O=S1(=O)COc2ccc(-c3ccc(O)c(F)c3)cc2C1. The Morgan fingerprint density at radius 3 is 2.55 bits per heavy atom. The van der Waals surface area contributed by atoms with Crippen LogP contribution in [0.25, 0.3) is 11.1 Å². The second-order valence-corrected chi connectivity index (χ2v) is 6.65. The number of sulfone groups is 1. The average Bonchev–Trinajstić information content (AvgIpc) is 2.40. The molecule has 0 unspecified atom stereocenters. The molecule has 0 fully saturated rings. The van der Waals surface area contributed by atoms with Crippen LogP contribution in [0.3, 0.4) is 0 Å². The Bertz CT molecular complexity index is 784. The van der Waals surface area contributed by atoms with Crippen molar-refractivity contribution in [2.45, 2.75) is 5.75 Å². The summed E-state index contributed by atoms with van der Waals surface area (Å²) in [5.41, 5.74) is 1.79. The van der Waals surface area contributed by atoms with Crippen LogP contribution in [0.1, 0.15) is 5.56 Å².